The van der Waals surface area contributed by atoms with Gasteiger partial charge in [0.1, 0.15) is 5.75 Å². The second kappa shape index (κ2) is 8.56. The second-order valence-corrected chi connectivity index (χ2v) is 6.48. The molecule has 0 saturated heterocycles. The number of rotatable bonds is 6. The van der Waals surface area contributed by atoms with Gasteiger partial charge >= 0.3 is 0 Å². The van der Waals surface area contributed by atoms with Crippen molar-refractivity contribution >= 4 is 17.8 Å². The van der Waals surface area contributed by atoms with Gasteiger partial charge < -0.3 is 15.4 Å². The number of hydrogen-bond donors (Lipinski definition) is 2. The molecule has 0 aliphatic carbocycles. The summed E-state index contributed by atoms with van der Waals surface area (Å²) in [7, 11) is 3.32. The van der Waals surface area contributed by atoms with E-state index in [1.807, 2.05) is 25.1 Å². The minimum absolute atomic E-state index is 0.255. The Hall–Kier alpha value is -3.35. The summed E-state index contributed by atoms with van der Waals surface area (Å²) in [6, 6.07) is 12.9. The summed E-state index contributed by atoms with van der Waals surface area (Å²) in [6.07, 6.45) is 0. The number of amides is 2. The van der Waals surface area contributed by atoms with E-state index in [4.69, 9.17) is 4.74 Å². The number of hydrogen-bond acceptors (Lipinski definition) is 4. The topological polar surface area (TPSA) is 83.0 Å². The van der Waals surface area contributed by atoms with Gasteiger partial charge in [0.25, 0.3) is 11.8 Å². The largest absolute Gasteiger partial charge is 0.496 e. The summed E-state index contributed by atoms with van der Waals surface area (Å²) in [5, 5.41) is 6.35. The zero-order chi connectivity index (χ0) is 20.1. The van der Waals surface area contributed by atoms with Crippen molar-refractivity contribution in [3.8, 4) is 5.75 Å². The molecule has 0 aromatic heterocycles. The van der Waals surface area contributed by atoms with Crippen LogP contribution in [0.2, 0.25) is 0 Å². The molecule has 2 N–H and O–H groups in total. The van der Waals surface area contributed by atoms with E-state index in [2.05, 4.69) is 15.6 Å². The predicted molar refractivity (Wildman–Crippen MR) is 108 cm³/mol. The molecule has 0 saturated carbocycles. The van der Waals surface area contributed by atoms with Crippen LogP contribution in [0.5, 0.6) is 5.75 Å². The van der Waals surface area contributed by atoms with Gasteiger partial charge in [-0.15, -0.1) is 0 Å². The lowest BCUT2D eigenvalue weighted by atomic mass is 10.1. The molecule has 7 heteroatoms. The van der Waals surface area contributed by atoms with E-state index in [0.717, 1.165) is 16.9 Å². The third-order valence-corrected chi connectivity index (χ3v) is 4.62. The number of imide groups is 1. The first kappa shape index (κ1) is 19.4. The fourth-order valence-corrected chi connectivity index (χ4v) is 3.13. The Bertz CT molecular complexity index is 889. The van der Waals surface area contributed by atoms with Crippen LogP contribution in [0.15, 0.2) is 47.5 Å². The number of fused-ring (bicyclic) bond motifs is 1. The first-order valence-electron chi connectivity index (χ1n) is 9.08. The van der Waals surface area contributed by atoms with Crippen LogP contribution < -0.4 is 15.4 Å². The molecule has 0 unspecified atom stereocenters. The summed E-state index contributed by atoms with van der Waals surface area (Å²) in [6.45, 7) is 3.21. The number of aliphatic imine (C=N–C) groups is 1. The van der Waals surface area contributed by atoms with E-state index < -0.39 is 0 Å². The average Bonchev–Trinajstić information content (AvgIpc) is 2.96. The van der Waals surface area contributed by atoms with Crippen molar-refractivity contribution in [1.82, 2.24) is 15.5 Å². The van der Waals surface area contributed by atoms with Crippen LogP contribution in [0.1, 0.15) is 31.8 Å². The molecule has 1 heterocycles. The molecule has 0 bridgehead atoms. The zero-order valence-corrected chi connectivity index (χ0v) is 16.3. The summed E-state index contributed by atoms with van der Waals surface area (Å²) in [4.78, 5) is 30.2. The van der Waals surface area contributed by atoms with E-state index in [1.54, 1.807) is 38.4 Å². The molecule has 3 rings (SSSR count). The lowest BCUT2D eigenvalue weighted by molar-refractivity contribution is 0.0657. The van der Waals surface area contributed by atoms with Crippen LogP contribution in [0.25, 0.3) is 0 Å². The molecule has 7 nitrogen and oxygen atoms in total. The second-order valence-electron chi connectivity index (χ2n) is 6.48. The monoisotopic (exact) mass is 380 g/mol. The Kier molecular flexibility index (Phi) is 5.93. The standard InChI is InChI=1S/C21H24N4O3/c1-14-8-9-15(18(12-14)28-3)13-24-21(22-2)23-10-11-25-19(26)16-6-4-5-7-17(16)20(25)27/h4-9,12H,10-11,13H2,1-3H3,(H2,22,23,24). The first-order chi connectivity index (χ1) is 13.5. The molecule has 1 aliphatic heterocycles. The van der Waals surface area contributed by atoms with Crippen molar-refractivity contribution in [2.45, 2.75) is 13.5 Å². The maximum Gasteiger partial charge on any atom is 0.261 e. The van der Waals surface area contributed by atoms with E-state index in [0.29, 0.717) is 30.2 Å². The van der Waals surface area contributed by atoms with Crippen molar-refractivity contribution in [2.24, 2.45) is 4.99 Å². The van der Waals surface area contributed by atoms with Gasteiger partial charge in [-0.3, -0.25) is 19.5 Å². The molecule has 2 aromatic rings. The number of aryl methyl sites for hydroxylation is 1. The number of benzene rings is 2. The third-order valence-electron chi connectivity index (χ3n) is 4.62. The van der Waals surface area contributed by atoms with Gasteiger partial charge in [-0.05, 0) is 30.7 Å². The maximum atomic E-state index is 12.4. The van der Waals surface area contributed by atoms with Crippen molar-refractivity contribution in [3.05, 3.63) is 64.7 Å². The first-order valence-corrected chi connectivity index (χ1v) is 9.08. The van der Waals surface area contributed by atoms with Gasteiger partial charge in [0.05, 0.1) is 18.2 Å². The Balaban J connectivity index is 1.53. The number of methoxy groups -OCH3 is 1. The van der Waals surface area contributed by atoms with Crippen LogP contribution in [0, 0.1) is 6.92 Å². The summed E-state index contributed by atoms with van der Waals surface area (Å²) in [5.74, 6) is 0.887. The highest BCUT2D eigenvalue weighted by Crippen LogP contribution is 2.22. The summed E-state index contributed by atoms with van der Waals surface area (Å²) in [5.41, 5.74) is 3.06. The molecular formula is C21H24N4O3. The third kappa shape index (κ3) is 3.98. The van der Waals surface area contributed by atoms with Crippen molar-refractivity contribution in [1.29, 1.82) is 0 Å². The number of nitrogens with zero attached hydrogens (tertiary/aromatic N) is 2. The number of nitrogens with one attached hydrogen (secondary N) is 2. The van der Waals surface area contributed by atoms with Crippen LogP contribution in [-0.4, -0.2) is 49.9 Å². The molecule has 2 amide bonds. The Labute approximate surface area is 164 Å². The number of guanidine groups is 1. The Morgan fingerprint density at radius 1 is 1.07 bits per heavy atom. The van der Waals surface area contributed by atoms with Crippen molar-refractivity contribution < 1.29 is 14.3 Å². The van der Waals surface area contributed by atoms with Gasteiger partial charge in [0.2, 0.25) is 0 Å². The SMILES string of the molecule is CN=C(NCCN1C(=O)c2ccccc2C1=O)NCc1ccc(C)cc1OC. The lowest BCUT2D eigenvalue weighted by Gasteiger charge is -2.17. The normalized spacial score (nSPS) is 13.5. The number of carbonyl (C=O) groups excluding carboxylic acids is 2. The minimum Gasteiger partial charge on any atom is -0.496 e. The maximum absolute atomic E-state index is 12.4. The van der Waals surface area contributed by atoms with Crippen LogP contribution in [0.4, 0.5) is 0 Å². The average molecular weight is 380 g/mol. The molecule has 0 fully saturated rings. The molecule has 146 valence electrons. The molecular weight excluding hydrogens is 356 g/mol. The Morgan fingerprint density at radius 2 is 1.75 bits per heavy atom. The summed E-state index contributed by atoms with van der Waals surface area (Å²) >= 11 is 0. The van der Waals surface area contributed by atoms with Gasteiger partial charge in [0.15, 0.2) is 5.96 Å². The Morgan fingerprint density at radius 3 is 2.36 bits per heavy atom. The van der Waals surface area contributed by atoms with Crippen molar-refractivity contribution in [2.75, 3.05) is 27.2 Å². The smallest absolute Gasteiger partial charge is 0.261 e. The summed E-state index contributed by atoms with van der Waals surface area (Å²) < 4.78 is 5.41. The minimum atomic E-state index is -0.255. The number of ether oxygens (including phenoxy) is 1. The van der Waals surface area contributed by atoms with Crippen LogP contribution in [0.3, 0.4) is 0 Å². The van der Waals surface area contributed by atoms with Gasteiger partial charge in [-0.1, -0.05) is 24.3 Å². The molecule has 0 spiro atoms. The highest BCUT2D eigenvalue weighted by molar-refractivity contribution is 6.21. The van der Waals surface area contributed by atoms with Gasteiger partial charge in [-0.2, -0.15) is 0 Å². The van der Waals surface area contributed by atoms with Gasteiger partial charge in [-0.25, -0.2) is 0 Å². The molecule has 28 heavy (non-hydrogen) atoms. The fourth-order valence-electron chi connectivity index (χ4n) is 3.13. The molecule has 2 aromatic carbocycles. The fraction of sp³-hybridized carbons (Fsp3) is 0.286. The highest BCUT2D eigenvalue weighted by Gasteiger charge is 2.34. The highest BCUT2D eigenvalue weighted by atomic mass is 16.5. The van der Waals surface area contributed by atoms with Crippen LogP contribution in [-0.2, 0) is 6.54 Å². The lowest BCUT2D eigenvalue weighted by Crippen LogP contribution is -2.42. The molecule has 1 aliphatic rings. The van der Waals surface area contributed by atoms with Crippen LogP contribution >= 0.6 is 0 Å². The van der Waals surface area contributed by atoms with E-state index in [1.165, 1.54) is 4.90 Å². The van der Waals surface area contributed by atoms with Crippen molar-refractivity contribution in [3.63, 3.8) is 0 Å². The molecule has 0 radical (unpaired) electrons. The quantitative estimate of drug-likeness (QED) is 0.455. The van der Waals surface area contributed by atoms with Gasteiger partial charge in [0, 0.05) is 32.2 Å². The van der Waals surface area contributed by atoms with E-state index >= 15 is 0 Å². The zero-order valence-electron chi connectivity index (χ0n) is 16.3. The predicted octanol–water partition coefficient (Wildman–Crippen LogP) is 1.96. The molecule has 0 atom stereocenters. The van der Waals surface area contributed by atoms with E-state index in [-0.39, 0.29) is 18.4 Å². The van der Waals surface area contributed by atoms with E-state index in [9.17, 15) is 9.59 Å². The number of carbonyl (C=O) groups is 2.